The first kappa shape index (κ1) is 14.4. The minimum absolute atomic E-state index is 0.123. The highest BCUT2D eigenvalue weighted by Gasteiger charge is 2.42. The molecule has 2 aliphatic carbocycles. The zero-order valence-corrected chi connectivity index (χ0v) is 13.4. The number of carbonyl (C=O) groups excluding carboxylic acids is 1. The zero-order chi connectivity index (χ0) is 15.8. The molecule has 5 heteroatoms. The molecule has 0 aliphatic heterocycles. The quantitative estimate of drug-likeness (QED) is 0.944. The van der Waals surface area contributed by atoms with Crippen LogP contribution >= 0.6 is 0 Å². The van der Waals surface area contributed by atoms with E-state index >= 15 is 0 Å². The predicted octanol–water partition coefficient (Wildman–Crippen LogP) is 2.82. The highest BCUT2D eigenvalue weighted by molar-refractivity contribution is 5.92. The number of para-hydroxylation sites is 1. The summed E-state index contributed by atoms with van der Waals surface area (Å²) in [7, 11) is 0. The molecule has 2 aliphatic rings. The first-order valence-corrected chi connectivity index (χ1v) is 8.49. The van der Waals surface area contributed by atoms with Crippen LogP contribution in [0.25, 0.3) is 5.69 Å². The highest BCUT2D eigenvalue weighted by atomic mass is 16.2. The molecule has 23 heavy (non-hydrogen) atoms. The third kappa shape index (κ3) is 2.76. The highest BCUT2D eigenvalue weighted by Crippen LogP contribution is 2.49. The van der Waals surface area contributed by atoms with Gasteiger partial charge in [-0.15, -0.1) is 5.10 Å². The Hall–Kier alpha value is -2.17. The molecule has 2 fully saturated rings. The second-order valence-corrected chi connectivity index (χ2v) is 6.96. The molecular weight excluding hydrogens is 288 g/mol. The van der Waals surface area contributed by atoms with Gasteiger partial charge in [0.1, 0.15) is 0 Å². The van der Waals surface area contributed by atoms with Crippen LogP contribution in [0.1, 0.15) is 43.1 Å². The Kier molecular flexibility index (Phi) is 3.63. The van der Waals surface area contributed by atoms with E-state index in [0.717, 1.165) is 17.5 Å². The fraction of sp³-hybridized carbons (Fsp3) is 0.500. The average Bonchev–Trinajstić information content (AvgIpc) is 3.31. The van der Waals surface area contributed by atoms with Gasteiger partial charge in [0.25, 0.3) is 5.91 Å². The van der Waals surface area contributed by atoms with Crippen LogP contribution in [0, 0.1) is 17.8 Å². The fourth-order valence-electron chi connectivity index (χ4n) is 4.35. The molecule has 2 bridgehead atoms. The van der Waals surface area contributed by atoms with E-state index in [4.69, 9.17) is 0 Å². The van der Waals surface area contributed by atoms with E-state index in [9.17, 15) is 4.79 Å². The largest absolute Gasteiger partial charge is 0.348 e. The van der Waals surface area contributed by atoms with Crippen molar-refractivity contribution in [1.29, 1.82) is 0 Å². The van der Waals surface area contributed by atoms with Crippen molar-refractivity contribution < 1.29 is 4.79 Å². The van der Waals surface area contributed by atoms with Gasteiger partial charge in [-0.1, -0.05) is 24.6 Å². The molecule has 2 aromatic rings. The Bertz CT molecular complexity index is 696. The van der Waals surface area contributed by atoms with E-state index in [1.165, 1.54) is 36.7 Å². The number of hydrogen-bond acceptors (Lipinski definition) is 3. The lowest BCUT2D eigenvalue weighted by molar-refractivity contribution is 0.0910. The van der Waals surface area contributed by atoms with Crippen LogP contribution < -0.4 is 5.32 Å². The Morgan fingerprint density at radius 2 is 2.09 bits per heavy atom. The normalized spacial score (nSPS) is 27.1. The summed E-state index contributed by atoms with van der Waals surface area (Å²) in [6.07, 6.45) is 6.88. The topological polar surface area (TPSA) is 59.8 Å². The summed E-state index contributed by atoms with van der Waals surface area (Å²) in [5, 5.41) is 11.6. The Balaban J connectivity index is 1.42. The first-order valence-electron chi connectivity index (χ1n) is 8.49. The van der Waals surface area contributed by atoms with Gasteiger partial charge in [-0.2, -0.15) is 9.90 Å². The minimum Gasteiger partial charge on any atom is -0.348 e. The number of hydrogen-bond donors (Lipinski definition) is 1. The SMILES string of the molecule is C[C@@H](NC(=O)c1cnn(-c2ccccc2)n1)[C@H]1C[C@H]2CC[C@H]1C2. The van der Waals surface area contributed by atoms with Gasteiger partial charge >= 0.3 is 0 Å². The van der Waals surface area contributed by atoms with E-state index in [0.29, 0.717) is 11.6 Å². The lowest BCUT2D eigenvalue weighted by Crippen LogP contribution is -2.40. The lowest BCUT2D eigenvalue weighted by atomic mass is 9.84. The van der Waals surface area contributed by atoms with Crippen LogP contribution in [0.4, 0.5) is 0 Å². The second-order valence-electron chi connectivity index (χ2n) is 6.96. The molecule has 1 heterocycles. The van der Waals surface area contributed by atoms with Crippen molar-refractivity contribution in [2.45, 2.75) is 38.6 Å². The van der Waals surface area contributed by atoms with Crippen LogP contribution in [0.15, 0.2) is 36.5 Å². The van der Waals surface area contributed by atoms with E-state index in [2.05, 4.69) is 22.4 Å². The number of carbonyl (C=O) groups is 1. The van der Waals surface area contributed by atoms with Crippen LogP contribution in [0.3, 0.4) is 0 Å². The van der Waals surface area contributed by atoms with Crippen LogP contribution in [0.2, 0.25) is 0 Å². The van der Waals surface area contributed by atoms with Crippen molar-refractivity contribution in [1.82, 2.24) is 20.3 Å². The van der Waals surface area contributed by atoms with Crippen LogP contribution in [-0.2, 0) is 0 Å². The fourth-order valence-corrected chi connectivity index (χ4v) is 4.35. The minimum atomic E-state index is -0.123. The second kappa shape index (κ2) is 5.80. The molecule has 1 aromatic carbocycles. The van der Waals surface area contributed by atoms with Crippen LogP contribution in [-0.4, -0.2) is 26.9 Å². The monoisotopic (exact) mass is 310 g/mol. The summed E-state index contributed by atoms with van der Waals surface area (Å²) in [5.74, 6) is 2.20. The summed E-state index contributed by atoms with van der Waals surface area (Å²) < 4.78 is 0. The summed E-state index contributed by atoms with van der Waals surface area (Å²) in [6, 6.07) is 9.84. The molecule has 2 saturated carbocycles. The number of nitrogens with one attached hydrogen (secondary N) is 1. The third-order valence-electron chi connectivity index (χ3n) is 5.51. The predicted molar refractivity (Wildman–Crippen MR) is 87.2 cm³/mol. The molecule has 120 valence electrons. The van der Waals surface area contributed by atoms with Crippen molar-refractivity contribution >= 4 is 5.91 Å². The number of nitrogens with zero attached hydrogens (tertiary/aromatic N) is 3. The van der Waals surface area contributed by atoms with Gasteiger partial charge in [0.15, 0.2) is 5.69 Å². The van der Waals surface area contributed by atoms with E-state index < -0.39 is 0 Å². The van der Waals surface area contributed by atoms with Crippen molar-refractivity contribution in [2.24, 2.45) is 17.8 Å². The van der Waals surface area contributed by atoms with E-state index in [-0.39, 0.29) is 11.9 Å². The molecular formula is C18H22N4O. The average molecular weight is 310 g/mol. The van der Waals surface area contributed by atoms with Crippen molar-refractivity contribution in [3.63, 3.8) is 0 Å². The summed E-state index contributed by atoms with van der Waals surface area (Å²) >= 11 is 0. The molecule has 1 aromatic heterocycles. The van der Waals surface area contributed by atoms with E-state index in [1.54, 1.807) is 0 Å². The van der Waals surface area contributed by atoms with Gasteiger partial charge in [-0.05, 0) is 56.1 Å². The van der Waals surface area contributed by atoms with Crippen LogP contribution in [0.5, 0.6) is 0 Å². The van der Waals surface area contributed by atoms with Gasteiger partial charge in [0.2, 0.25) is 0 Å². The first-order chi connectivity index (χ1) is 11.2. The molecule has 1 amide bonds. The Morgan fingerprint density at radius 1 is 1.26 bits per heavy atom. The number of fused-ring (bicyclic) bond motifs is 2. The van der Waals surface area contributed by atoms with Gasteiger partial charge in [-0.25, -0.2) is 0 Å². The van der Waals surface area contributed by atoms with E-state index in [1.807, 2.05) is 30.3 Å². The molecule has 5 nitrogen and oxygen atoms in total. The maximum atomic E-state index is 12.4. The molecule has 0 radical (unpaired) electrons. The smallest absolute Gasteiger partial charge is 0.273 e. The molecule has 0 spiro atoms. The maximum Gasteiger partial charge on any atom is 0.273 e. The molecule has 0 unspecified atom stereocenters. The molecule has 4 rings (SSSR count). The summed E-state index contributed by atoms with van der Waals surface area (Å²) in [6.45, 7) is 2.13. The van der Waals surface area contributed by atoms with Gasteiger partial charge in [0, 0.05) is 6.04 Å². The standard InChI is InChI=1S/C18H22N4O/c1-12(16-10-13-7-8-14(16)9-13)20-18(23)17-11-19-22(21-17)15-5-3-2-4-6-15/h2-6,11-14,16H,7-10H2,1H3,(H,20,23)/t12-,13+,14+,16-/m1/s1. The lowest BCUT2D eigenvalue weighted by Gasteiger charge is -2.28. The van der Waals surface area contributed by atoms with Gasteiger partial charge in [-0.3, -0.25) is 4.79 Å². The Labute approximate surface area is 136 Å². The molecule has 0 saturated heterocycles. The third-order valence-corrected chi connectivity index (χ3v) is 5.51. The number of amides is 1. The summed E-state index contributed by atoms with van der Waals surface area (Å²) in [5.41, 5.74) is 1.23. The number of rotatable bonds is 4. The summed E-state index contributed by atoms with van der Waals surface area (Å²) in [4.78, 5) is 13.9. The van der Waals surface area contributed by atoms with Crippen molar-refractivity contribution in [3.05, 3.63) is 42.2 Å². The maximum absolute atomic E-state index is 12.4. The van der Waals surface area contributed by atoms with Gasteiger partial charge < -0.3 is 5.32 Å². The molecule has 1 N–H and O–H groups in total. The van der Waals surface area contributed by atoms with Gasteiger partial charge in [0.05, 0.1) is 11.9 Å². The van der Waals surface area contributed by atoms with Crippen molar-refractivity contribution in [2.75, 3.05) is 0 Å². The zero-order valence-electron chi connectivity index (χ0n) is 13.4. The Morgan fingerprint density at radius 3 is 2.78 bits per heavy atom. The number of benzene rings is 1. The number of aromatic nitrogens is 3. The van der Waals surface area contributed by atoms with Crippen molar-refractivity contribution in [3.8, 4) is 5.69 Å². The molecule has 4 atom stereocenters.